The summed E-state index contributed by atoms with van der Waals surface area (Å²) in [5.74, 6) is -1.46. The third-order valence-corrected chi connectivity index (χ3v) is 3.80. The molecule has 1 aliphatic heterocycles. The van der Waals surface area contributed by atoms with Gasteiger partial charge in [0.25, 0.3) is 0 Å². The monoisotopic (exact) mass is 328 g/mol. The van der Waals surface area contributed by atoms with Crippen molar-refractivity contribution < 1.29 is 22.8 Å². The van der Waals surface area contributed by atoms with Gasteiger partial charge in [-0.15, -0.1) is 0 Å². The lowest BCUT2D eigenvalue weighted by Gasteiger charge is -2.18. The summed E-state index contributed by atoms with van der Waals surface area (Å²) in [7, 11) is 0. The molecule has 1 aliphatic rings. The van der Waals surface area contributed by atoms with E-state index in [1.54, 1.807) is 12.1 Å². The Balaban J connectivity index is 1.95. The number of halogens is 3. The second-order valence-corrected chi connectivity index (χ2v) is 6.06. The van der Waals surface area contributed by atoms with Gasteiger partial charge in [-0.2, -0.15) is 13.2 Å². The highest BCUT2D eigenvalue weighted by Gasteiger charge is 2.40. The van der Waals surface area contributed by atoms with Crippen LogP contribution in [0.25, 0.3) is 0 Å². The zero-order valence-electron chi connectivity index (χ0n) is 13.0. The smallest absolute Gasteiger partial charge is 0.333 e. The fourth-order valence-electron chi connectivity index (χ4n) is 2.51. The molecule has 1 atom stereocenters. The molecular weight excluding hydrogens is 309 g/mol. The van der Waals surface area contributed by atoms with E-state index in [1.165, 1.54) is 0 Å². The lowest BCUT2D eigenvalue weighted by atomic mass is 10.0. The average molecular weight is 328 g/mol. The highest BCUT2D eigenvalue weighted by Crippen LogP contribution is 2.25. The summed E-state index contributed by atoms with van der Waals surface area (Å²) < 4.78 is 37.1. The Hall–Kier alpha value is -2.05. The van der Waals surface area contributed by atoms with E-state index in [-0.39, 0.29) is 13.0 Å². The standard InChI is InChI=1S/C16H19F3N2O2/c1-10(2)11-3-5-13(6-4-11)20-15(23)12-7-14(22)21(8-12)9-16(17,18)19/h3-6,10,12H,7-9H2,1-2H3,(H,20,23)/t12-/m1/s1. The van der Waals surface area contributed by atoms with Gasteiger partial charge in [0.2, 0.25) is 11.8 Å². The Morgan fingerprint density at radius 3 is 2.43 bits per heavy atom. The van der Waals surface area contributed by atoms with Crippen molar-refractivity contribution in [2.24, 2.45) is 5.92 Å². The topological polar surface area (TPSA) is 49.4 Å². The fraction of sp³-hybridized carbons (Fsp3) is 0.500. The quantitative estimate of drug-likeness (QED) is 0.923. The molecule has 1 heterocycles. The first-order valence-electron chi connectivity index (χ1n) is 7.41. The molecule has 23 heavy (non-hydrogen) atoms. The fourth-order valence-corrected chi connectivity index (χ4v) is 2.51. The Morgan fingerprint density at radius 1 is 1.30 bits per heavy atom. The lowest BCUT2D eigenvalue weighted by molar-refractivity contribution is -0.157. The summed E-state index contributed by atoms with van der Waals surface area (Å²) in [6.07, 6.45) is -4.64. The van der Waals surface area contributed by atoms with Crippen LogP contribution in [-0.4, -0.2) is 36.0 Å². The summed E-state index contributed by atoms with van der Waals surface area (Å²) in [4.78, 5) is 24.4. The van der Waals surface area contributed by atoms with Crippen LogP contribution in [0.3, 0.4) is 0 Å². The number of anilines is 1. The van der Waals surface area contributed by atoms with Crippen LogP contribution >= 0.6 is 0 Å². The molecule has 0 aromatic heterocycles. The first kappa shape index (κ1) is 17.3. The molecule has 2 rings (SSSR count). The van der Waals surface area contributed by atoms with Gasteiger partial charge >= 0.3 is 6.18 Å². The van der Waals surface area contributed by atoms with Gasteiger partial charge in [-0.1, -0.05) is 26.0 Å². The molecule has 1 aromatic rings. The number of nitrogens with one attached hydrogen (secondary N) is 1. The van der Waals surface area contributed by atoms with E-state index >= 15 is 0 Å². The van der Waals surface area contributed by atoms with Gasteiger partial charge in [-0.3, -0.25) is 9.59 Å². The molecule has 1 N–H and O–H groups in total. The molecule has 1 fully saturated rings. The van der Waals surface area contributed by atoms with Crippen LogP contribution in [0.4, 0.5) is 18.9 Å². The van der Waals surface area contributed by atoms with E-state index in [4.69, 9.17) is 0 Å². The van der Waals surface area contributed by atoms with Gasteiger partial charge in [0.05, 0.1) is 5.92 Å². The van der Waals surface area contributed by atoms with Crippen molar-refractivity contribution in [1.29, 1.82) is 0 Å². The maximum absolute atomic E-state index is 12.4. The number of benzene rings is 1. The van der Waals surface area contributed by atoms with E-state index in [2.05, 4.69) is 5.32 Å². The average Bonchev–Trinajstić information content (AvgIpc) is 2.79. The summed E-state index contributed by atoms with van der Waals surface area (Å²) in [5, 5.41) is 2.65. The summed E-state index contributed by atoms with van der Waals surface area (Å²) >= 11 is 0. The Labute approximate surface area is 132 Å². The summed E-state index contributed by atoms with van der Waals surface area (Å²) in [5.41, 5.74) is 1.69. The minimum absolute atomic E-state index is 0.189. The second kappa shape index (κ2) is 6.60. The number of rotatable bonds is 4. The third kappa shape index (κ3) is 4.71. The molecular formula is C16H19F3N2O2. The molecule has 1 aromatic carbocycles. The van der Waals surface area contributed by atoms with Gasteiger partial charge in [0.1, 0.15) is 6.54 Å². The van der Waals surface area contributed by atoms with Crippen molar-refractivity contribution >= 4 is 17.5 Å². The molecule has 1 saturated heterocycles. The lowest BCUT2D eigenvalue weighted by Crippen LogP contribution is -2.36. The molecule has 0 aliphatic carbocycles. The SMILES string of the molecule is CC(C)c1ccc(NC(=O)[C@@H]2CC(=O)N(CC(F)(F)F)C2)cc1. The number of likely N-dealkylation sites (tertiary alicyclic amines) is 1. The van der Waals surface area contributed by atoms with Gasteiger partial charge in [-0.05, 0) is 23.6 Å². The maximum atomic E-state index is 12.4. The van der Waals surface area contributed by atoms with Crippen molar-refractivity contribution in [2.75, 3.05) is 18.4 Å². The zero-order chi connectivity index (χ0) is 17.2. The summed E-state index contributed by atoms with van der Waals surface area (Å²) in [6, 6.07) is 7.26. The molecule has 0 spiro atoms. The predicted octanol–water partition coefficient (Wildman–Crippen LogP) is 3.16. The van der Waals surface area contributed by atoms with E-state index in [9.17, 15) is 22.8 Å². The van der Waals surface area contributed by atoms with Crippen molar-refractivity contribution in [3.63, 3.8) is 0 Å². The molecule has 0 saturated carbocycles. The van der Waals surface area contributed by atoms with Gasteiger partial charge in [0.15, 0.2) is 0 Å². The molecule has 2 amide bonds. The van der Waals surface area contributed by atoms with E-state index in [0.29, 0.717) is 16.5 Å². The molecule has 0 bridgehead atoms. The van der Waals surface area contributed by atoms with Crippen LogP contribution in [0.2, 0.25) is 0 Å². The van der Waals surface area contributed by atoms with Crippen LogP contribution in [0.15, 0.2) is 24.3 Å². The van der Waals surface area contributed by atoms with Gasteiger partial charge < -0.3 is 10.2 Å². The van der Waals surface area contributed by atoms with E-state index in [0.717, 1.165) is 5.56 Å². The Kier molecular flexibility index (Phi) is 4.97. The maximum Gasteiger partial charge on any atom is 0.406 e. The number of carbonyl (C=O) groups is 2. The van der Waals surface area contributed by atoms with Crippen LogP contribution in [0, 0.1) is 5.92 Å². The molecule has 0 unspecified atom stereocenters. The Morgan fingerprint density at radius 2 is 1.91 bits per heavy atom. The number of hydrogen-bond donors (Lipinski definition) is 1. The molecule has 0 radical (unpaired) electrons. The first-order chi connectivity index (χ1) is 10.7. The van der Waals surface area contributed by atoms with Crippen molar-refractivity contribution in [2.45, 2.75) is 32.4 Å². The number of amides is 2. The number of carbonyl (C=O) groups excluding carboxylic acids is 2. The van der Waals surface area contributed by atoms with Gasteiger partial charge in [0, 0.05) is 18.7 Å². The minimum Gasteiger partial charge on any atom is -0.333 e. The van der Waals surface area contributed by atoms with E-state index in [1.807, 2.05) is 26.0 Å². The minimum atomic E-state index is -4.45. The number of hydrogen-bond acceptors (Lipinski definition) is 2. The van der Waals surface area contributed by atoms with Crippen LogP contribution in [0.5, 0.6) is 0 Å². The number of nitrogens with zero attached hydrogens (tertiary/aromatic N) is 1. The first-order valence-corrected chi connectivity index (χ1v) is 7.41. The highest BCUT2D eigenvalue weighted by molar-refractivity contribution is 5.97. The van der Waals surface area contributed by atoms with Crippen molar-refractivity contribution in [3.8, 4) is 0 Å². The zero-order valence-corrected chi connectivity index (χ0v) is 13.0. The normalized spacial score (nSPS) is 18.6. The largest absolute Gasteiger partial charge is 0.406 e. The Bertz CT molecular complexity index is 582. The predicted molar refractivity (Wildman–Crippen MR) is 79.9 cm³/mol. The molecule has 4 nitrogen and oxygen atoms in total. The highest BCUT2D eigenvalue weighted by atomic mass is 19.4. The van der Waals surface area contributed by atoms with Crippen LogP contribution in [0.1, 0.15) is 31.7 Å². The summed E-state index contributed by atoms with van der Waals surface area (Å²) in [6.45, 7) is 2.59. The second-order valence-electron chi connectivity index (χ2n) is 6.06. The van der Waals surface area contributed by atoms with Gasteiger partial charge in [-0.25, -0.2) is 0 Å². The van der Waals surface area contributed by atoms with Crippen molar-refractivity contribution in [3.05, 3.63) is 29.8 Å². The third-order valence-electron chi connectivity index (χ3n) is 3.80. The van der Waals surface area contributed by atoms with Crippen molar-refractivity contribution in [1.82, 2.24) is 4.90 Å². The molecule has 126 valence electrons. The van der Waals surface area contributed by atoms with E-state index < -0.39 is 30.5 Å². The van der Waals surface area contributed by atoms with Crippen LogP contribution < -0.4 is 5.32 Å². The number of alkyl halides is 3. The van der Waals surface area contributed by atoms with Crippen LogP contribution in [-0.2, 0) is 9.59 Å². The molecule has 7 heteroatoms.